The smallest absolute Gasteiger partial charge is 0.335 e. The number of rotatable bonds is 9. The minimum absolute atomic E-state index is 0.108. The molecule has 33 heavy (non-hydrogen) atoms. The molecule has 4 heteroatoms. The van der Waals surface area contributed by atoms with Crippen molar-refractivity contribution in [3.8, 4) is 0 Å². The summed E-state index contributed by atoms with van der Waals surface area (Å²) in [5, 5.41) is 9.36. The van der Waals surface area contributed by atoms with Gasteiger partial charge in [-0.3, -0.25) is 4.79 Å². The lowest BCUT2D eigenvalue weighted by Gasteiger charge is -2.24. The van der Waals surface area contributed by atoms with E-state index < -0.39 is 5.97 Å². The number of aromatic carboxylic acids is 1. The molecule has 0 aliphatic rings. The lowest BCUT2D eigenvalue weighted by molar-refractivity contribution is 0.0696. The molecular formula is C29H33NO3. The Hall–Kier alpha value is -3.40. The molecule has 0 spiro atoms. The van der Waals surface area contributed by atoms with Crippen LogP contribution in [0, 0.1) is 11.8 Å². The number of carbonyl (C=O) groups excluding carboxylic acids is 1. The van der Waals surface area contributed by atoms with Gasteiger partial charge in [0.2, 0.25) is 0 Å². The highest BCUT2D eigenvalue weighted by atomic mass is 16.4. The molecule has 0 bridgehead atoms. The molecule has 0 saturated carbocycles. The third-order valence-electron chi connectivity index (χ3n) is 5.50. The standard InChI is InChI=1S/C29H33NO3/c1-20(2)16-22-8-12-25(13-9-22)28(31)30(19-24-6-5-7-26(18-24)29(32)33)27-14-10-23(11-15-27)17-21(3)4/h5-15,18,20-21H,16-17,19H2,1-4H3,(H,32,33). The Morgan fingerprint density at radius 1 is 0.727 bits per heavy atom. The van der Waals surface area contributed by atoms with Crippen LogP contribution in [0.4, 0.5) is 5.69 Å². The average molecular weight is 444 g/mol. The fraction of sp³-hybridized carbons (Fsp3) is 0.310. The second kappa shape index (κ2) is 11.0. The minimum atomic E-state index is -0.978. The van der Waals surface area contributed by atoms with Crippen LogP contribution in [0.2, 0.25) is 0 Å². The molecule has 3 rings (SSSR count). The van der Waals surface area contributed by atoms with E-state index in [1.807, 2.05) is 42.5 Å². The number of benzene rings is 3. The molecule has 0 fully saturated rings. The molecule has 1 amide bonds. The molecule has 0 unspecified atom stereocenters. The van der Waals surface area contributed by atoms with E-state index in [0.29, 0.717) is 17.4 Å². The summed E-state index contributed by atoms with van der Waals surface area (Å²) in [6.07, 6.45) is 1.95. The zero-order valence-electron chi connectivity index (χ0n) is 19.9. The first-order valence-electron chi connectivity index (χ1n) is 11.5. The lowest BCUT2D eigenvalue weighted by atomic mass is 10.0. The Kier molecular flexibility index (Phi) is 8.05. The van der Waals surface area contributed by atoms with E-state index >= 15 is 0 Å². The number of hydrogen-bond acceptors (Lipinski definition) is 2. The molecule has 0 heterocycles. The van der Waals surface area contributed by atoms with Crippen LogP contribution in [0.15, 0.2) is 72.8 Å². The van der Waals surface area contributed by atoms with Crippen LogP contribution in [0.1, 0.15) is 65.1 Å². The van der Waals surface area contributed by atoms with Crippen molar-refractivity contribution in [3.63, 3.8) is 0 Å². The van der Waals surface area contributed by atoms with Crippen LogP contribution in [0.25, 0.3) is 0 Å². The number of carboxylic acid groups (broad SMARTS) is 1. The van der Waals surface area contributed by atoms with E-state index in [1.165, 1.54) is 11.1 Å². The maximum absolute atomic E-state index is 13.6. The third kappa shape index (κ3) is 6.79. The van der Waals surface area contributed by atoms with Gasteiger partial charge in [-0.15, -0.1) is 0 Å². The van der Waals surface area contributed by atoms with Gasteiger partial charge in [-0.1, -0.05) is 64.1 Å². The third-order valence-corrected chi connectivity index (χ3v) is 5.50. The summed E-state index contributed by atoms with van der Waals surface area (Å²) < 4.78 is 0. The summed E-state index contributed by atoms with van der Waals surface area (Å²) in [7, 11) is 0. The molecule has 0 atom stereocenters. The van der Waals surface area contributed by atoms with Crippen LogP contribution >= 0.6 is 0 Å². The zero-order chi connectivity index (χ0) is 24.0. The number of nitrogens with zero attached hydrogens (tertiary/aromatic N) is 1. The van der Waals surface area contributed by atoms with Crippen LogP contribution in [-0.2, 0) is 19.4 Å². The highest BCUT2D eigenvalue weighted by Gasteiger charge is 2.19. The Morgan fingerprint density at radius 3 is 1.79 bits per heavy atom. The molecule has 3 aromatic carbocycles. The Bertz CT molecular complexity index is 1080. The van der Waals surface area contributed by atoms with Crippen molar-refractivity contribution in [1.29, 1.82) is 0 Å². The van der Waals surface area contributed by atoms with Crippen molar-refractivity contribution in [1.82, 2.24) is 0 Å². The van der Waals surface area contributed by atoms with E-state index in [-0.39, 0.29) is 18.0 Å². The van der Waals surface area contributed by atoms with Crippen molar-refractivity contribution >= 4 is 17.6 Å². The van der Waals surface area contributed by atoms with Gasteiger partial charge in [0.1, 0.15) is 0 Å². The normalized spacial score (nSPS) is 11.1. The Labute approximate surface area is 196 Å². The number of carbonyl (C=O) groups is 2. The first kappa shape index (κ1) is 24.2. The van der Waals surface area contributed by atoms with Gasteiger partial charge in [0.05, 0.1) is 12.1 Å². The predicted molar refractivity (Wildman–Crippen MR) is 134 cm³/mol. The van der Waals surface area contributed by atoms with Crippen LogP contribution < -0.4 is 4.90 Å². The first-order chi connectivity index (χ1) is 15.7. The maximum atomic E-state index is 13.6. The fourth-order valence-corrected chi connectivity index (χ4v) is 3.96. The molecule has 0 aliphatic heterocycles. The summed E-state index contributed by atoms with van der Waals surface area (Å²) in [5.41, 5.74) is 4.83. The van der Waals surface area contributed by atoms with E-state index in [0.717, 1.165) is 24.1 Å². The summed E-state index contributed by atoms with van der Waals surface area (Å²) >= 11 is 0. The number of hydrogen-bond donors (Lipinski definition) is 1. The van der Waals surface area contributed by atoms with Crippen molar-refractivity contribution in [2.24, 2.45) is 11.8 Å². The predicted octanol–water partition coefficient (Wildman–Crippen LogP) is 6.63. The topological polar surface area (TPSA) is 57.6 Å². The van der Waals surface area contributed by atoms with Gasteiger partial charge in [0, 0.05) is 11.3 Å². The van der Waals surface area contributed by atoms with E-state index in [4.69, 9.17) is 0 Å². The van der Waals surface area contributed by atoms with Gasteiger partial charge in [0.15, 0.2) is 0 Å². The fourth-order valence-electron chi connectivity index (χ4n) is 3.96. The molecule has 0 aromatic heterocycles. The average Bonchev–Trinajstić information content (AvgIpc) is 2.77. The van der Waals surface area contributed by atoms with Crippen LogP contribution in [-0.4, -0.2) is 17.0 Å². The molecule has 4 nitrogen and oxygen atoms in total. The quantitative estimate of drug-likeness (QED) is 0.404. The van der Waals surface area contributed by atoms with Gasteiger partial charge in [-0.05, 0) is 77.8 Å². The van der Waals surface area contributed by atoms with Gasteiger partial charge >= 0.3 is 5.97 Å². The molecule has 0 aliphatic carbocycles. The van der Waals surface area contributed by atoms with E-state index in [1.54, 1.807) is 23.1 Å². The summed E-state index contributed by atoms with van der Waals surface area (Å²) in [6.45, 7) is 9.01. The van der Waals surface area contributed by atoms with E-state index in [2.05, 4.69) is 39.8 Å². The number of carboxylic acids is 1. The van der Waals surface area contributed by atoms with Gasteiger partial charge < -0.3 is 10.0 Å². The number of amides is 1. The molecular weight excluding hydrogens is 410 g/mol. The molecule has 3 aromatic rings. The molecule has 0 saturated heterocycles. The summed E-state index contributed by atoms with van der Waals surface area (Å²) in [6, 6.07) is 22.6. The molecule has 1 N–H and O–H groups in total. The second-order valence-electron chi connectivity index (χ2n) is 9.46. The van der Waals surface area contributed by atoms with Crippen molar-refractivity contribution in [2.45, 2.75) is 47.1 Å². The van der Waals surface area contributed by atoms with Crippen LogP contribution in [0.3, 0.4) is 0 Å². The van der Waals surface area contributed by atoms with Gasteiger partial charge in [-0.2, -0.15) is 0 Å². The highest BCUT2D eigenvalue weighted by Crippen LogP contribution is 2.23. The molecule has 0 radical (unpaired) electrons. The monoisotopic (exact) mass is 443 g/mol. The first-order valence-corrected chi connectivity index (χ1v) is 11.5. The minimum Gasteiger partial charge on any atom is -0.478 e. The van der Waals surface area contributed by atoms with Crippen molar-refractivity contribution in [3.05, 3.63) is 101 Å². The van der Waals surface area contributed by atoms with Crippen LogP contribution in [0.5, 0.6) is 0 Å². The van der Waals surface area contributed by atoms with Gasteiger partial charge in [-0.25, -0.2) is 4.79 Å². The van der Waals surface area contributed by atoms with E-state index in [9.17, 15) is 14.7 Å². The molecule has 172 valence electrons. The van der Waals surface area contributed by atoms with Crippen molar-refractivity contribution < 1.29 is 14.7 Å². The Morgan fingerprint density at radius 2 is 1.27 bits per heavy atom. The highest BCUT2D eigenvalue weighted by molar-refractivity contribution is 6.06. The Balaban J connectivity index is 1.93. The largest absolute Gasteiger partial charge is 0.478 e. The van der Waals surface area contributed by atoms with Crippen molar-refractivity contribution in [2.75, 3.05) is 4.90 Å². The zero-order valence-corrected chi connectivity index (χ0v) is 19.9. The summed E-state index contributed by atoms with van der Waals surface area (Å²) in [4.78, 5) is 26.7. The lowest BCUT2D eigenvalue weighted by Crippen LogP contribution is -2.30. The SMILES string of the molecule is CC(C)Cc1ccc(C(=O)N(Cc2cccc(C(=O)O)c2)c2ccc(CC(C)C)cc2)cc1. The maximum Gasteiger partial charge on any atom is 0.335 e. The second-order valence-corrected chi connectivity index (χ2v) is 9.46. The number of anilines is 1. The summed E-state index contributed by atoms with van der Waals surface area (Å²) in [5.74, 6) is 0.0163. The van der Waals surface area contributed by atoms with Gasteiger partial charge in [0.25, 0.3) is 5.91 Å².